The highest BCUT2D eigenvalue weighted by Crippen LogP contribution is 2.30. The number of piperidine rings is 1. The van der Waals surface area contributed by atoms with Gasteiger partial charge in [-0.1, -0.05) is 31.2 Å². The molecule has 7 nitrogen and oxygen atoms in total. The van der Waals surface area contributed by atoms with Gasteiger partial charge in [-0.2, -0.15) is 0 Å². The molecule has 4 rings (SSSR count). The monoisotopic (exact) mass is 470 g/mol. The van der Waals surface area contributed by atoms with E-state index in [4.69, 9.17) is 19.8 Å². The summed E-state index contributed by atoms with van der Waals surface area (Å²) in [6.07, 6.45) is 5.78. The SMILES string of the molecule is CCC(O)c1ccc2ccn(C3CCN(CCc4ccc(F)cc4)CC3)c2c1.O=C(O)C(=O)O. The summed E-state index contributed by atoms with van der Waals surface area (Å²) in [5.41, 5.74) is 3.43. The topological polar surface area (TPSA) is 103 Å². The number of benzene rings is 2. The predicted molar refractivity (Wildman–Crippen MR) is 127 cm³/mol. The molecule has 0 bridgehead atoms. The highest BCUT2D eigenvalue weighted by atomic mass is 19.1. The highest BCUT2D eigenvalue weighted by Gasteiger charge is 2.21. The minimum atomic E-state index is -1.82. The molecule has 1 saturated heterocycles. The third kappa shape index (κ3) is 6.65. The summed E-state index contributed by atoms with van der Waals surface area (Å²) >= 11 is 0. The molecule has 0 saturated carbocycles. The van der Waals surface area contributed by atoms with Crippen LogP contribution >= 0.6 is 0 Å². The van der Waals surface area contributed by atoms with Gasteiger partial charge in [0.05, 0.1) is 6.10 Å². The van der Waals surface area contributed by atoms with E-state index in [1.165, 1.54) is 16.5 Å². The van der Waals surface area contributed by atoms with Gasteiger partial charge in [0, 0.05) is 37.4 Å². The minimum absolute atomic E-state index is 0.168. The molecule has 1 unspecified atom stereocenters. The number of aliphatic hydroxyl groups excluding tert-OH is 1. The van der Waals surface area contributed by atoms with E-state index in [-0.39, 0.29) is 11.9 Å². The molecule has 0 radical (unpaired) electrons. The second-order valence-electron chi connectivity index (χ2n) is 8.52. The van der Waals surface area contributed by atoms with Crippen molar-refractivity contribution in [2.45, 2.75) is 44.8 Å². The Balaban J connectivity index is 0.000000481. The third-order valence-corrected chi connectivity index (χ3v) is 6.28. The van der Waals surface area contributed by atoms with Crippen molar-refractivity contribution in [3.63, 3.8) is 0 Å². The predicted octanol–water partition coefficient (Wildman–Crippen LogP) is 4.26. The van der Waals surface area contributed by atoms with Crippen molar-refractivity contribution in [3.05, 3.63) is 71.7 Å². The number of carboxylic acid groups (broad SMARTS) is 2. The van der Waals surface area contributed by atoms with Crippen LogP contribution in [0.2, 0.25) is 0 Å². The van der Waals surface area contributed by atoms with E-state index in [9.17, 15) is 9.50 Å². The molecule has 1 aliphatic rings. The zero-order valence-corrected chi connectivity index (χ0v) is 19.2. The Labute approximate surface area is 198 Å². The molecule has 1 atom stereocenters. The lowest BCUT2D eigenvalue weighted by Gasteiger charge is -2.33. The molecular weight excluding hydrogens is 439 g/mol. The summed E-state index contributed by atoms with van der Waals surface area (Å²) < 4.78 is 15.4. The average molecular weight is 471 g/mol. The van der Waals surface area contributed by atoms with Crippen LogP contribution in [-0.4, -0.2) is 56.4 Å². The van der Waals surface area contributed by atoms with Gasteiger partial charge >= 0.3 is 11.9 Å². The normalized spacial score (nSPS) is 15.5. The van der Waals surface area contributed by atoms with Gasteiger partial charge in [-0.05, 0) is 66.5 Å². The number of hydrogen-bond acceptors (Lipinski definition) is 4. The number of hydrogen-bond donors (Lipinski definition) is 3. The number of rotatable bonds is 6. The number of aliphatic carboxylic acids is 2. The van der Waals surface area contributed by atoms with E-state index in [2.05, 4.69) is 33.9 Å². The van der Waals surface area contributed by atoms with E-state index in [0.717, 1.165) is 50.9 Å². The molecule has 1 fully saturated rings. The number of aromatic nitrogens is 1. The first kappa shape index (κ1) is 25.4. The van der Waals surface area contributed by atoms with Gasteiger partial charge in [0.15, 0.2) is 0 Å². The summed E-state index contributed by atoms with van der Waals surface area (Å²) in [6, 6.07) is 15.9. The quantitative estimate of drug-likeness (QED) is 0.465. The Morgan fingerprint density at radius 2 is 1.68 bits per heavy atom. The molecule has 1 aromatic heterocycles. The summed E-state index contributed by atoms with van der Waals surface area (Å²) in [6.45, 7) is 5.21. The van der Waals surface area contributed by atoms with Gasteiger partial charge in [-0.3, -0.25) is 0 Å². The molecule has 0 spiro atoms. The van der Waals surface area contributed by atoms with E-state index in [0.29, 0.717) is 6.04 Å². The van der Waals surface area contributed by atoms with Crippen molar-refractivity contribution in [3.8, 4) is 0 Å². The van der Waals surface area contributed by atoms with Crippen LogP contribution in [0.4, 0.5) is 4.39 Å². The fourth-order valence-electron chi connectivity index (χ4n) is 4.29. The number of aliphatic hydroxyl groups is 1. The Bertz CT molecular complexity index is 1090. The lowest BCUT2D eigenvalue weighted by molar-refractivity contribution is -0.159. The van der Waals surface area contributed by atoms with Crippen LogP contribution < -0.4 is 0 Å². The molecule has 3 aromatic rings. The molecular formula is C26H31FN2O5. The first-order valence-electron chi connectivity index (χ1n) is 11.5. The number of carboxylic acids is 2. The van der Waals surface area contributed by atoms with Gasteiger partial charge in [-0.15, -0.1) is 0 Å². The maximum Gasteiger partial charge on any atom is 0.414 e. The first-order chi connectivity index (χ1) is 16.3. The maximum absolute atomic E-state index is 13.0. The summed E-state index contributed by atoms with van der Waals surface area (Å²) in [5.74, 6) is -3.82. The standard InChI is InChI=1S/C24H29FN2O.C2H2O4/c1-2-24(28)20-6-5-19-10-16-27(23(19)17-20)22-11-14-26(15-12-22)13-9-18-3-7-21(25)8-4-18;3-1(4)2(5)6/h3-8,10,16-17,22,24,28H,2,9,11-15H2,1H3;(H,3,4)(H,5,6). The van der Waals surface area contributed by atoms with Crippen LogP contribution in [0.3, 0.4) is 0 Å². The molecule has 182 valence electrons. The largest absolute Gasteiger partial charge is 0.473 e. The number of halogens is 1. The van der Waals surface area contributed by atoms with Gasteiger partial charge in [0.25, 0.3) is 0 Å². The van der Waals surface area contributed by atoms with Crippen LogP contribution in [0.1, 0.15) is 49.5 Å². The van der Waals surface area contributed by atoms with Crippen molar-refractivity contribution in [1.82, 2.24) is 9.47 Å². The minimum Gasteiger partial charge on any atom is -0.473 e. The smallest absolute Gasteiger partial charge is 0.414 e. The summed E-state index contributed by atoms with van der Waals surface area (Å²) in [5, 5.41) is 26.2. The Hall–Kier alpha value is -3.23. The van der Waals surface area contributed by atoms with Crippen molar-refractivity contribution in [1.29, 1.82) is 0 Å². The average Bonchev–Trinajstić information content (AvgIpc) is 3.27. The molecule has 2 aromatic carbocycles. The van der Waals surface area contributed by atoms with Crippen LogP contribution in [-0.2, 0) is 16.0 Å². The molecule has 34 heavy (non-hydrogen) atoms. The lowest BCUT2D eigenvalue weighted by atomic mass is 10.0. The number of nitrogens with zero attached hydrogens (tertiary/aromatic N) is 2. The summed E-state index contributed by atoms with van der Waals surface area (Å²) in [4.78, 5) is 20.7. The van der Waals surface area contributed by atoms with Crippen molar-refractivity contribution in [2.75, 3.05) is 19.6 Å². The molecule has 8 heteroatoms. The fraction of sp³-hybridized carbons (Fsp3) is 0.385. The number of fused-ring (bicyclic) bond motifs is 1. The second-order valence-corrected chi connectivity index (χ2v) is 8.52. The van der Waals surface area contributed by atoms with Gasteiger partial charge in [0.1, 0.15) is 5.82 Å². The lowest BCUT2D eigenvalue weighted by Crippen LogP contribution is -2.35. The van der Waals surface area contributed by atoms with Crippen molar-refractivity contribution >= 4 is 22.8 Å². The molecule has 0 aliphatic carbocycles. The maximum atomic E-state index is 13.0. The van der Waals surface area contributed by atoms with E-state index in [1.807, 2.05) is 25.1 Å². The van der Waals surface area contributed by atoms with Crippen LogP contribution in [0.5, 0.6) is 0 Å². The fourth-order valence-corrected chi connectivity index (χ4v) is 4.29. The van der Waals surface area contributed by atoms with Crippen molar-refractivity contribution < 1.29 is 29.3 Å². The van der Waals surface area contributed by atoms with Crippen molar-refractivity contribution in [2.24, 2.45) is 0 Å². The zero-order chi connectivity index (χ0) is 24.7. The van der Waals surface area contributed by atoms with E-state index >= 15 is 0 Å². The van der Waals surface area contributed by atoms with Gasteiger partial charge in [0.2, 0.25) is 0 Å². The van der Waals surface area contributed by atoms with Crippen LogP contribution in [0, 0.1) is 5.82 Å². The van der Waals surface area contributed by atoms with Gasteiger partial charge < -0.3 is 24.8 Å². The highest BCUT2D eigenvalue weighted by molar-refractivity contribution is 6.27. The second kappa shape index (κ2) is 11.8. The third-order valence-electron chi connectivity index (χ3n) is 6.28. The zero-order valence-electron chi connectivity index (χ0n) is 19.2. The first-order valence-corrected chi connectivity index (χ1v) is 11.5. The van der Waals surface area contributed by atoms with E-state index < -0.39 is 11.9 Å². The van der Waals surface area contributed by atoms with Crippen LogP contribution in [0.25, 0.3) is 10.9 Å². The Morgan fingerprint density at radius 3 is 2.26 bits per heavy atom. The number of likely N-dealkylation sites (tertiary alicyclic amines) is 1. The molecule has 3 N–H and O–H groups in total. The summed E-state index contributed by atoms with van der Waals surface area (Å²) in [7, 11) is 0. The molecule has 2 heterocycles. The molecule has 0 amide bonds. The van der Waals surface area contributed by atoms with Crippen LogP contribution in [0.15, 0.2) is 54.7 Å². The van der Waals surface area contributed by atoms with Gasteiger partial charge in [-0.25, -0.2) is 14.0 Å². The number of carbonyl (C=O) groups is 2. The molecule has 1 aliphatic heterocycles. The Morgan fingerprint density at radius 1 is 1.03 bits per heavy atom. The Kier molecular flexibility index (Phi) is 8.79. The van der Waals surface area contributed by atoms with E-state index in [1.54, 1.807) is 12.1 Å².